The lowest BCUT2D eigenvalue weighted by Gasteiger charge is -2.27. The Morgan fingerprint density at radius 2 is 1.88 bits per heavy atom. The summed E-state index contributed by atoms with van der Waals surface area (Å²) in [6, 6.07) is 3.51. The average Bonchev–Trinajstić information content (AvgIpc) is 3.44. The number of aromatic amines is 2. The number of hydrogen-bond acceptors (Lipinski definition) is 7. The third-order valence-corrected chi connectivity index (χ3v) is 5.84. The van der Waals surface area contributed by atoms with Crippen molar-refractivity contribution in [2.24, 2.45) is 0 Å². The van der Waals surface area contributed by atoms with Gasteiger partial charge in [0.05, 0.1) is 28.3 Å². The largest absolute Gasteiger partial charge is 0.397 e. The molecular formula is C22H20FN9. The van der Waals surface area contributed by atoms with Gasteiger partial charge in [-0.15, -0.1) is 0 Å². The summed E-state index contributed by atoms with van der Waals surface area (Å²) in [4.78, 5) is 23.2. The van der Waals surface area contributed by atoms with Crippen molar-refractivity contribution in [3.05, 3.63) is 42.7 Å². The molecular weight excluding hydrogens is 409 g/mol. The molecule has 4 N–H and O–H groups in total. The number of anilines is 2. The highest BCUT2D eigenvalue weighted by atomic mass is 19.1. The second-order valence-corrected chi connectivity index (χ2v) is 7.95. The van der Waals surface area contributed by atoms with E-state index in [4.69, 9.17) is 10.7 Å². The molecule has 0 saturated carbocycles. The number of nitrogen functional groups attached to an aromatic ring is 1. The quantitative estimate of drug-likeness (QED) is 0.399. The summed E-state index contributed by atoms with van der Waals surface area (Å²) in [7, 11) is 0. The topological polar surface area (TPSA) is 125 Å². The van der Waals surface area contributed by atoms with Crippen LogP contribution in [0.4, 0.5) is 15.9 Å². The van der Waals surface area contributed by atoms with E-state index in [1.165, 1.54) is 18.8 Å². The molecule has 1 aliphatic rings. The van der Waals surface area contributed by atoms with E-state index < -0.39 is 5.82 Å². The van der Waals surface area contributed by atoms with Crippen molar-refractivity contribution in [2.45, 2.75) is 19.3 Å². The molecule has 0 unspecified atom stereocenters. The van der Waals surface area contributed by atoms with Gasteiger partial charge in [-0.25, -0.2) is 14.4 Å². The summed E-state index contributed by atoms with van der Waals surface area (Å²) >= 11 is 0. The second kappa shape index (κ2) is 7.26. The summed E-state index contributed by atoms with van der Waals surface area (Å²) in [5, 5.41) is 7.51. The first-order valence-electron chi connectivity index (χ1n) is 10.5. The molecule has 160 valence electrons. The van der Waals surface area contributed by atoms with Crippen LogP contribution in [0.25, 0.3) is 44.7 Å². The van der Waals surface area contributed by atoms with Crippen LogP contribution in [0.3, 0.4) is 0 Å². The number of hydrogen-bond donors (Lipinski definition) is 3. The van der Waals surface area contributed by atoms with Crippen molar-refractivity contribution in [3.8, 4) is 22.8 Å². The van der Waals surface area contributed by atoms with Crippen molar-refractivity contribution in [1.82, 2.24) is 35.1 Å². The number of nitrogens with zero attached hydrogens (tertiary/aromatic N) is 6. The van der Waals surface area contributed by atoms with E-state index in [0.717, 1.165) is 42.8 Å². The lowest BCUT2D eigenvalue weighted by atomic mass is 10.1. The van der Waals surface area contributed by atoms with E-state index in [9.17, 15) is 0 Å². The van der Waals surface area contributed by atoms with Crippen LogP contribution in [0.5, 0.6) is 0 Å². The highest BCUT2D eigenvalue weighted by molar-refractivity contribution is 5.96. The third kappa shape index (κ3) is 2.95. The monoisotopic (exact) mass is 429 g/mol. The van der Waals surface area contributed by atoms with Gasteiger partial charge in [0.15, 0.2) is 17.5 Å². The van der Waals surface area contributed by atoms with E-state index in [0.29, 0.717) is 33.7 Å². The maximum atomic E-state index is 15.6. The predicted octanol–water partition coefficient (Wildman–Crippen LogP) is 3.67. The Morgan fingerprint density at radius 1 is 1.00 bits per heavy atom. The molecule has 6 heterocycles. The van der Waals surface area contributed by atoms with Crippen LogP contribution < -0.4 is 10.6 Å². The first-order valence-corrected chi connectivity index (χ1v) is 10.5. The molecule has 0 aromatic carbocycles. The molecule has 1 fully saturated rings. The highest BCUT2D eigenvalue weighted by Crippen LogP contribution is 2.34. The van der Waals surface area contributed by atoms with Gasteiger partial charge in [0.1, 0.15) is 16.9 Å². The van der Waals surface area contributed by atoms with Gasteiger partial charge in [-0.2, -0.15) is 5.10 Å². The zero-order valence-electron chi connectivity index (χ0n) is 17.1. The van der Waals surface area contributed by atoms with E-state index in [-0.39, 0.29) is 5.69 Å². The lowest BCUT2D eigenvalue weighted by Crippen LogP contribution is -2.30. The summed E-state index contributed by atoms with van der Waals surface area (Å²) in [5.74, 6) is 0.811. The number of piperidine rings is 1. The van der Waals surface area contributed by atoms with E-state index in [1.54, 1.807) is 18.5 Å². The van der Waals surface area contributed by atoms with Crippen molar-refractivity contribution in [2.75, 3.05) is 23.7 Å². The standard InChI is InChI=1S/C22H20FN9/c23-17-16-15(11-27-18(17)12-8-13(24)10-25-9-12)30-31-20(16)21-28-14-4-5-26-22(19(14)29-21)32-6-2-1-3-7-32/h4-5,8-11H,1-3,6-7,24H2,(H,28,29)(H,30,31). The first-order chi connectivity index (χ1) is 15.7. The van der Waals surface area contributed by atoms with Crippen molar-refractivity contribution in [1.29, 1.82) is 0 Å². The van der Waals surface area contributed by atoms with Gasteiger partial charge in [-0.3, -0.25) is 15.1 Å². The molecule has 0 bridgehead atoms. The molecule has 5 aromatic rings. The van der Waals surface area contributed by atoms with Gasteiger partial charge in [0.25, 0.3) is 0 Å². The number of pyridine rings is 3. The minimum absolute atomic E-state index is 0.159. The molecule has 0 radical (unpaired) electrons. The molecule has 0 spiro atoms. The van der Waals surface area contributed by atoms with Gasteiger partial charge in [0, 0.05) is 37.2 Å². The normalized spacial score (nSPS) is 14.5. The zero-order valence-corrected chi connectivity index (χ0v) is 17.1. The second-order valence-electron chi connectivity index (χ2n) is 7.95. The molecule has 0 aliphatic carbocycles. The van der Waals surface area contributed by atoms with E-state index in [1.807, 2.05) is 6.07 Å². The van der Waals surface area contributed by atoms with E-state index >= 15 is 4.39 Å². The summed E-state index contributed by atoms with van der Waals surface area (Å²) < 4.78 is 15.6. The molecule has 10 heteroatoms. The fourth-order valence-corrected chi connectivity index (χ4v) is 4.31. The molecule has 9 nitrogen and oxygen atoms in total. The molecule has 1 aliphatic heterocycles. The number of halogens is 1. The van der Waals surface area contributed by atoms with Gasteiger partial charge in [-0.1, -0.05) is 0 Å². The van der Waals surface area contributed by atoms with Crippen LogP contribution in [-0.4, -0.2) is 48.2 Å². The number of aromatic nitrogens is 7. The highest BCUT2D eigenvalue weighted by Gasteiger charge is 2.22. The Bertz CT molecular complexity index is 1450. The number of imidazole rings is 1. The van der Waals surface area contributed by atoms with Crippen LogP contribution in [0, 0.1) is 5.82 Å². The summed E-state index contributed by atoms with van der Waals surface area (Å²) in [5.41, 5.74) is 9.38. The number of H-pyrrole nitrogens is 2. The lowest BCUT2D eigenvalue weighted by molar-refractivity contribution is 0.574. The Hall–Kier alpha value is -4.08. The van der Waals surface area contributed by atoms with Crippen molar-refractivity contribution >= 4 is 33.4 Å². The van der Waals surface area contributed by atoms with Crippen LogP contribution in [0.2, 0.25) is 0 Å². The molecule has 32 heavy (non-hydrogen) atoms. The fraction of sp³-hybridized carbons (Fsp3) is 0.227. The molecule has 6 rings (SSSR count). The SMILES string of the molecule is Nc1cncc(-c2ncc3[nH]nc(-c4nc5c(N6CCCCC6)nccc5[nH]4)c3c2F)c1. The molecule has 1 saturated heterocycles. The fourth-order valence-electron chi connectivity index (χ4n) is 4.31. The number of nitrogens with two attached hydrogens (primary N) is 1. The molecule has 0 atom stereocenters. The smallest absolute Gasteiger partial charge is 0.161 e. The van der Waals surface area contributed by atoms with Gasteiger partial charge in [-0.05, 0) is 31.4 Å². The Kier molecular flexibility index (Phi) is 4.23. The first kappa shape index (κ1) is 18.7. The minimum Gasteiger partial charge on any atom is -0.397 e. The van der Waals surface area contributed by atoms with Crippen LogP contribution in [-0.2, 0) is 0 Å². The van der Waals surface area contributed by atoms with Gasteiger partial charge < -0.3 is 15.6 Å². The third-order valence-electron chi connectivity index (χ3n) is 5.84. The maximum absolute atomic E-state index is 15.6. The van der Waals surface area contributed by atoms with Crippen LogP contribution in [0.1, 0.15) is 19.3 Å². The number of fused-ring (bicyclic) bond motifs is 2. The summed E-state index contributed by atoms with van der Waals surface area (Å²) in [6.45, 7) is 1.91. The number of nitrogens with one attached hydrogen (secondary N) is 2. The molecule has 5 aromatic heterocycles. The predicted molar refractivity (Wildman–Crippen MR) is 120 cm³/mol. The van der Waals surface area contributed by atoms with Crippen LogP contribution in [0.15, 0.2) is 36.9 Å². The van der Waals surface area contributed by atoms with Crippen molar-refractivity contribution < 1.29 is 4.39 Å². The minimum atomic E-state index is -0.506. The summed E-state index contributed by atoms with van der Waals surface area (Å²) in [6.07, 6.45) is 9.87. The van der Waals surface area contributed by atoms with Crippen molar-refractivity contribution in [3.63, 3.8) is 0 Å². The van der Waals surface area contributed by atoms with E-state index in [2.05, 4.69) is 35.0 Å². The van der Waals surface area contributed by atoms with Crippen LogP contribution >= 0.6 is 0 Å². The Balaban J connectivity index is 1.50. The zero-order chi connectivity index (χ0) is 21.7. The molecule has 0 amide bonds. The maximum Gasteiger partial charge on any atom is 0.161 e. The number of rotatable bonds is 3. The Morgan fingerprint density at radius 3 is 2.72 bits per heavy atom. The Labute approximate surface area is 181 Å². The average molecular weight is 429 g/mol. The van der Waals surface area contributed by atoms with Gasteiger partial charge >= 0.3 is 0 Å². The van der Waals surface area contributed by atoms with Gasteiger partial charge in [0.2, 0.25) is 0 Å².